The molecule has 0 spiro atoms. The van der Waals surface area contributed by atoms with Crippen molar-refractivity contribution < 1.29 is 4.42 Å². The molecule has 0 radical (unpaired) electrons. The summed E-state index contributed by atoms with van der Waals surface area (Å²) in [6.07, 6.45) is 3.99. The number of rotatable bonds is 2. The van der Waals surface area contributed by atoms with Gasteiger partial charge < -0.3 is 10.2 Å². The number of nitrogens with two attached hydrogens (primary N) is 1. The maximum atomic E-state index is 8.50. The molecular formula is C9H10N2O. The van der Waals surface area contributed by atoms with Crippen LogP contribution in [-0.4, -0.2) is 0 Å². The molecule has 3 heteroatoms. The van der Waals surface area contributed by atoms with Crippen LogP contribution in [0.2, 0.25) is 0 Å². The summed E-state index contributed by atoms with van der Waals surface area (Å²) in [5.74, 6) is 0.954. The van der Waals surface area contributed by atoms with E-state index in [1.165, 1.54) is 12.8 Å². The Balaban J connectivity index is 2.17. The van der Waals surface area contributed by atoms with Crippen LogP contribution in [-0.2, 0) is 0 Å². The smallest absolute Gasteiger partial charge is 0.203 e. The van der Waals surface area contributed by atoms with E-state index >= 15 is 0 Å². The minimum absolute atomic E-state index is 0.0656. The van der Waals surface area contributed by atoms with Gasteiger partial charge in [0.25, 0.3) is 0 Å². The molecule has 0 amide bonds. The van der Waals surface area contributed by atoms with Crippen molar-refractivity contribution in [3.05, 3.63) is 23.7 Å². The average molecular weight is 162 g/mol. The molecule has 1 aliphatic rings. The molecule has 1 fully saturated rings. The third-order valence-electron chi connectivity index (χ3n) is 2.24. The molecule has 3 nitrogen and oxygen atoms in total. The summed E-state index contributed by atoms with van der Waals surface area (Å²) in [7, 11) is 0. The first-order valence-electron chi connectivity index (χ1n) is 4.05. The summed E-state index contributed by atoms with van der Waals surface area (Å²) in [5, 5.41) is 8.50. The zero-order valence-electron chi connectivity index (χ0n) is 6.66. The highest BCUT2D eigenvalue weighted by Crippen LogP contribution is 2.39. The van der Waals surface area contributed by atoms with Crippen molar-refractivity contribution in [2.45, 2.75) is 18.9 Å². The summed E-state index contributed by atoms with van der Waals surface area (Å²) in [4.78, 5) is 0. The highest BCUT2D eigenvalue weighted by atomic mass is 16.3. The lowest BCUT2D eigenvalue weighted by atomic mass is 10.1. The summed E-state index contributed by atoms with van der Waals surface area (Å²) in [6, 6.07) is 3.73. The van der Waals surface area contributed by atoms with E-state index in [9.17, 15) is 0 Å². The summed E-state index contributed by atoms with van der Waals surface area (Å²) in [6.45, 7) is 0. The normalized spacial score (nSPS) is 18.7. The molecule has 1 heterocycles. The van der Waals surface area contributed by atoms with Gasteiger partial charge in [0.05, 0.1) is 6.26 Å². The zero-order valence-corrected chi connectivity index (χ0v) is 6.66. The Morgan fingerprint density at radius 2 is 2.42 bits per heavy atom. The van der Waals surface area contributed by atoms with Crippen LogP contribution in [0.5, 0.6) is 0 Å². The second kappa shape index (κ2) is 2.65. The first kappa shape index (κ1) is 7.38. The molecule has 1 aliphatic carbocycles. The van der Waals surface area contributed by atoms with Gasteiger partial charge in [-0.05, 0) is 24.8 Å². The Morgan fingerprint density at radius 1 is 1.67 bits per heavy atom. The zero-order chi connectivity index (χ0) is 8.55. The van der Waals surface area contributed by atoms with Gasteiger partial charge in [0.1, 0.15) is 6.07 Å². The molecule has 1 aromatic heterocycles. The average Bonchev–Trinajstić information content (AvgIpc) is 2.82. The van der Waals surface area contributed by atoms with Crippen molar-refractivity contribution in [3.63, 3.8) is 0 Å². The Labute approximate surface area is 70.8 Å². The van der Waals surface area contributed by atoms with Crippen LogP contribution >= 0.6 is 0 Å². The standard InChI is InChI=1S/C9H10N2O/c10-4-8-3-7(5-12-8)9(11)6-1-2-6/h3,5-6,9H,1-2,11H2/t9-/m1/s1. The largest absolute Gasteiger partial charge is 0.454 e. The Morgan fingerprint density at radius 3 is 2.92 bits per heavy atom. The monoisotopic (exact) mass is 162 g/mol. The SMILES string of the molecule is N#Cc1cc([C@H](N)C2CC2)co1. The summed E-state index contributed by atoms with van der Waals surface area (Å²) < 4.78 is 4.97. The van der Waals surface area contributed by atoms with Crippen molar-refractivity contribution in [2.24, 2.45) is 11.7 Å². The van der Waals surface area contributed by atoms with Crippen LogP contribution in [0.1, 0.15) is 30.2 Å². The van der Waals surface area contributed by atoms with Gasteiger partial charge in [-0.25, -0.2) is 0 Å². The summed E-state index contributed by atoms with van der Waals surface area (Å²) in [5.41, 5.74) is 6.85. The maximum Gasteiger partial charge on any atom is 0.203 e. The highest BCUT2D eigenvalue weighted by Gasteiger charge is 2.30. The number of furan rings is 1. The van der Waals surface area contributed by atoms with E-state index in [1.54, 1.807) is 12.3 Å². The van der Waals surface area contributed by atoms with Crippen LogP contribution in [0.3, 0.4) is 0 Å². The van der Waals surface area contributed by atoms with E-state index in [2.05, 4.69) is 0 Å². The molecule has 0 aromatic carbocycles. The van der Waals surface area contributed by atoms with Crippen molar-refractivity contribution in [1.29, 1.82) is 5.26 Å². The Hall–Kier alpha value is -1.27. The lowest BCUT2D eigenvalue weighted by Gasteiger charge is -2.04. The number of nitriles is 1. The number of nitrogens with zero attached hydrogens (tertiary/aromatic N) is 1. The van der Waals surface area contributed by atoms with Crippen molar-refractivity contribution >= 4 is 0 Å². The highest BCUT2D eigenvalue weighted by molar-refractivity contribution is 5.25. The quantitative estimate of drug-likeness (QED) is 0.717. The van der Waals surface area contributed by atoms with E-state index < -0.39 is 0 Å². The van der Waals surface area contributed by atoms with Gasteiger partial charge in [-0.2, -0.15) is 5.26 Å². The van der Waals surface area contributed by atoms with Crippen LogP contribution < -0.4 is 5.73 Å². The molecule has 1 atom stereocenters. The molecule has 62 valence electrons. The van der Waals surface area contributed by atoms with E-state index in [0.717, 1.165) is 5.56 Å². The second-order valence-electron chi connectivity index (χ2n) is 3.22. The van der Waals surface area contributed by atoms with Gasteiger partial charge in [0.15, 0.2) is 0 Å². The molecule has 2 rings (SSSR count). The molecule has 0 bridgehead atoms. The molecule has 1 saturated carbocycles. The maximum absolute atomic E-state index is 8.50. The van der Waals surface area contributed by atoms with Gasteiger partial charge in [-0.1, -0.05) is 0 Å². The first-order chi connectivity index (χ1) is 5.81. The van der Waals surface area contributed by atoms with Crippen molar-refractivity contribution in [2.75, 3.05) is 0 Å². The molecule has 0 saturated heterocycles. The fourth-order valence-corrected chi connectivity index (χ4v) is 1.31. The first-order valence-corrected chi connectivity index (χ1v) is 4.05. The molecular weight excluding hydrogens is 152 g/mol. The molecule has 1 aromatic rings. The third-order valence-corrected chi connectivity index (χ3v) is 2.24. The molecule has 12 heavy (non-hydrogen) atoms. The van der Waals surface area contributed by atoms with E-state index in [4.69, 9.17) is 15.4 Å². The fourth-order valence-electron chi connectivity index (χ4n) is 1.31. The van der Waals surface area contributed by atoms with Crippen LogP contribution in [0.4, 0.5) is 0 Å². The van der Waals surface area contributed by atoms with Gasteiger partial charge in [0.2, 0.25) is 5.76 Å². The molecule has 2 N–H and O–H groups in total. The Kier molecular flexibility index (Phi) is 1.63. The van der Waals surface area contributed by atoms with Gasteiger partial charge >= 0.3 is 0 Å². The Bertz CT molecular complexity index is 320. The second-order valence-corrected chi connectivity index (χ2v) is 3.22. The van der Waals surface area contributed by atoms with E-state index in [-0.39, 0.29) is 6.04 Å². The minimum Gasteiger partial charge on any atom is -0.454 e. The van der Waals surface area contributed by atoms with E-state index in [1.807, 2.05) is 6.07 Å². The van der Waals surface area contributed by atoms with Gasteiger partial charge in [-0.15, -0.1) is 0 Å². The molecule has 0 unspecified atom stereocenters. The van der Waals surface area contributed by atoms with Crippen molar-refractivity contribution in [1.82, 2.24) is 0 Å². The molecule has 0 aliphatic heterocycles. The third kappa shape index (κ3) is 1.21. The van der Waals surface area contributed by atoms with Crippen LogP contribution in [0.25, 0.3) is 0 Å². The summed E-state index contributed by atoms with van der Waals surface area (Å²) >= 11 is 0. The topological polar surface area (TPSA) is 63.0 Å². The number of hydrogen-bond acceptors (Lipinski definition) is 3. The lowest BCUT2D eigenvalue weighted by Crippen LogP contribution is -2.10. The van der Waals surface area contributed by atoms with E-state index in [0.29, 0.717) is 11.7 Å². The number of hydrogen-bond donors (Lipinski definition) is 1. The predicted octanol–water partition coefficient (Wildman–Crippen LogP) is 1.56. The van der Waals surface area contributed by atoms with Crippen LogP contribution in [0.15, 0.2) is 16.7 Å². The van der Waals surface area contributed by atoms with Gasteiger partial charge in [-0.3, -0.25) is 0 Å². The van der Waals surface area contributed by atoms with Gasteiger partial charge in [0, 0.05) is 11.6 Å². The lowest BCUT2D eigenvalue weighted by molar-refractivity contribution is 0.540. The van der Waals surface area contributed by atoms with Crippen molar-refractivity contribution in [3.8, 4) is 6.07 Å². The predicted molar refractivity (Wildman–Crippen MR) is 43.1 cm³/mol. The minimum atomic E-state index is 0.0656. The fraction of sp³-hybridized carbons (Fsp3) is 0.444. The van der Waals surface area contributed by atoms with Crippen LogP contribution in [0, 0.1) is 17.2 Å².